The molecule has 0 unspecified atom stereocenters. The maximum absolute atomic E-state index is 12.2. The molecule has 0 saturated carbocycles. The molecular weight excluding hydrogens is 308 g/mol. The van der Waals surface area contributed by atoms with Crippen LogP contribution in [0.25, 0.3) is 0 Å². The first kappa shape index (κ1) is 14.3. The minimum atomic E-state index is -3.55. The number of nitrogens with zero attached hydrogens (tertiary/aromatic N) is 3. The summed E-state index contributed by atoms with van der Waals surface area (Å²) in [5.41, 5.74) is 0.379. The van der Waals surface area contributed by atoms with Gasteiger partial charge in [0.2, 0.25) is 5.95 Å². The van der Waals surface area contributed by atoms with Crippen molar-refractivity contribution < 1.29 is 8.42 Å². The normalized spacial score (nSPS) is 15.4. The number of hydrogen-bond donors (Lipinski definition) is 1. The Kier molecular flexibility index (Phi) is 3.81. The molecule has 0 spiro atoms. The van der Waals surface area contributed by atoms with Gasteiger partial charge < -0.3 is 4.90 Å². The summed E-state index contributed by atoms with van der Waals surface area (Å²) in [5.74, 6) is 0.655. The summed E-state index contributed by atoms with van der Waals surface area (Å²) in [7, 11) is -3.55. The van der Waals surface area contributed by atoms with Gasteiger partial charge in [0.1, 0.15) is 4.21 Å². The zero-order valence-corrected chi connectivity index (χ0v) is 13.2. The number of hydrogen-bond acceptors (Lipinski definition) is 6. The molecule has 112 valence electrons. The maximum Gasteiger partial charge on any atom is 0.271 e. The summed E-state index contributed by atoms with van der Waals surface area (Å²) in [6.07, 6.45) is 5.32. The zero-order chi connectivity index (χ0) is 14.9. The van der Waals surface area contributed by atoms with Crippen molar-refractivity contribution in [3.05, 3.63) is 29.4 Å². The van der Waals surface area contributed by atoms with Gasteiger partial charge >= 0.3 is 0 Å². The molecule has 3 heterocycles. The SMILES string of the molecule is Cc1ccc(S(=O)(=O)Nc2cnc(N3CCCC3)nc2)s1. The molecule has 0 radical (unpaired) electrons. The van der Waals surface area contributed by atoms with E-state index >= 15 is 0 Å². The number of nitrogens with one attached hydrogen (secondary N) is 1. The van der Waals surface area contributed by atoms with Crippen molar-refractivity contribution in [1.29, 1.82) is 0 Å². The molecule has 8 heteroatoms. The van der Waals surface area contributed by atoms with Crippen LogP contribution in [-0.4, -0.2) is 31.5 Å². The van der Waals surface area contributed by atoms with Crippen LogP contribution in [0, 0.1) is 6.92 Å². The van der Waals surface area contributed by atoms with E-state index in [9.17, 15) is 8.42 Å². The van der Waals surface area contributed by atoms with Gasteiger partial charge in [-0.15, -0.1) is 11.3 Å². The molecule has 0 atom stereocenters. The van der Waals surface area contributed by atoms with Crippen LogP contribution in [0.3, 0.4) is 0 Å². The molecular formula is C13H16N4O2S2. The second kappa shape index (κ2) is 5.61. The van der Waals surface area contributed by atoms with E-state index in [0.717, 1.165) is 30.8 Å². The van der Waals surface area contributed by atoms with E-state index in [1.54, 1.807) is 12.1 Å². The molecule has 6 nitrogen and oxygen atoms in total. The molecule has 3 rings (SSSR count). The van der Waals surface area contributed by atoms with E-state index in [0.29, 0.717) is 15.8 Å². The molecule has 0 bridgehead atoms. The highest BCUT2D eigenvalue weighted by atomic mass is 32.2. The van der Waals surface area contributed by atoms with Crippen molar-refractivity contribution in [3.63, 3.8) is 0 Å². The summed E-state index contributed by atoms with van der Waals surface area (Å²) in [4.78, 5) is 11.5. The Morgan fingerprint density at radius 1 is 1.19 bits per heavy atom. The Morgan fingerprint density at radius 2 is 1.86 bits per heavy atom. The third-order valence-corrected chi connectivity index (χ3v) is 6.13. The van der Waals surface area contributed by atoms with Gasteiger partial charge in [0.05, 0.1) is 18.1 Å². The Labute approximate surface area is 127 Å². The van der Waals surface area contributed by atoms with Crippen molar-refractivity contribution in [1.82, 2.24) is 9.97 Å². The lowest BCUT2D eigenvalue weighted by Gasteiger charge is -2.14. The van der Waals surface area contributed by atoms with Crippen LogP contribution in [0.1, 0.15) is 17.7 Å². The molecule has 1 aliphatic heterocycles. The highest BCUT2D eigenvalue weighted by molar-refractivity contribution is 7.94. The highest BCUT2D eigenvalue weighted by Crippen LogP contribution is 2.23. The Bertz CT molecular complexity index is 719. The molecule has 2 aromatic rings. The lowest BCUT2D eigenvalue weighted by Crippen LogP contribution is -2.20. The van der Waals surface area contributed by atoms with E-state index in [1.165, 1.54) is 23.7 Å². The van der Waals surface area contributed by atoms with Gasteiger partial charge in [-0.25, -0.2) is 18.4 Å². The first-order valence-electron chi connectivity index (χ1n) is 6.71. The molecule has 2 aromatic heterocycles. The van der Waals surface area contributed by atoms with Crippen molar-refractivity contribution >= 4 is 33.0 Å². The van der Waals surface area contributed by atoms with Gasteiger partial charge in [-0.1, -0.05) is 0 Å². The largest absolute Gasteiger partial charge is 0.341 e. The van der Waals surface area contributed by atoms with Gasteiger partial charge in [0.25, 0.3) is 10.0 Å². The van der Waals surface area contributed by atoms with E-state index in [4.69, 9.17) is 0 Å². The van der Waals surface area contributed by atoms with Crippen LogP contribution in [0.15, 0.2) is 28.7 Å². The fourth-order valence-electron chi connectivity index (χ4n) is 2.22. The van der Waals surface area contributed by atoms with E-state index in [2.05, 4.69) is 19.6 Å². The van der Waals surface area contributed by atoms with Crippen LogP contribution in [0.4, 0.5) is 11.6 Å². The number of anilines is 2. The highest BCUT2D eigenvalue weighted by Gasteiger charge is 2.18. The average molecular weight is 324 g/mol. The molecule has 21 heavy (non-hydrogen) atoms. The van der Waals surface area contributed by atoms with Crippen molar-refractivity contribution in [2.24, 2.45) is 0 Å². The second-order valence-electron chi connectivity index (χ2n) is 4.94. The minimum absolute atomic E-state index is 0.295. The molecule has 0 aliphatic carbocycles. The average Bonchev–Trinajstić information content (AvgIpc) is 3.10. The molecule has 0 amide bonds. The lowest BCUT2D eigenvalue weighted by atomic mass is 10.4. The summed E-state index contributed by atoms with van der Waals surface area (Å²) >= 11 is 1.24. The van der Waals surface area contributed by atoms with Crippen LogP contribution < -0.4 is 9.62 Å². The fraction of sp³-hybridized carbons (Fsp3) is 0.385. The second-order valence-corrected chi connectivity index (χ2v) is 8.13. The fourth-order valence-corrected chi connectivity index (χ4v) is 4.53. The summed E-state index contributed by atoms with van der Waals surface area (Å²) in [6.45, 7) is 3.79. The standard InChI is InChI=1S/C13H16N4O2S2/c1-10-4-5-12(20-10)21(18,19)16-11-8-14-13(15-9-11)17-6-2-3-7-17/h4-5,8-9,16H,2-3,6-7H2,1H3. The molecule has 1 saturated heterocycles. The number of sulfonamides is 1. The van der Waals surface area contributed by atoms with Gasteiger partial charge in [0, 0.05) is 18.0 Å². The number of aromatic nitrogens is 2. The van der Waals surface area contributed by atoms with Crippen molar-refractivity contribution in [2.45, 2.75) is 24.0 Å². The topological polar surface area (TPSA) is 75.2 Å². The molecule has 0 aromatic carbocycles. The Balaban J connectivity index is 1.75. The van der Waals surface area contributed by atoms with Gasteiger partial charge in [0.15, 0.2) is 0 Å². The smallest absolute Gasteiger partial charge is 0.271 e. The third-order valence-electron chi connectivity index (χ3n) is 3.26. The van der Waals surface area contributed by atoms with E-state index in [-0.39, 0.29) is 0 Å². The van der Waals surface area contributed by atoms with Crippen LogP contribution in [-0.2, 0) is 10.0 Å². The summed E-state index contributed by atoms with van der Waals surface area (Å²) in [6, 6.07) is 3.38. The predicted molar refractivity (Wildman–Crippen MR) is 83.3 cm³/mol. The number of aryl methyl sites for hydroxylation is 1. The lowest BCUT2D eigenvalue weighted by molar-refractivity contribution is 0.603. The summed E-state index contributed by atoms with van der Waals surface area (Å²) in [5, 5.41) is 0. The molecule has 1 aliphatic rings. The summed E-state index contributed by atoms with van der Waals surface area (Å²) < 4.78 is 27.2. The van der Waals surface area contributed by atoms with E-state index in [1.807, 2.05) is 6.92 Å². The minimum Gasteiger partial charge on any atom is -0.341 e. The van der Waals surface area contributed by atoms with Gasteiger partial charge in [-0.2, -0.15) is 0 Å². The maximum atomic E-state index is 12.2. The number of rotatable bonds is 4. The monoisotopic (exact) mass is 324 g/mol. The van der Waals surface area contributed by atoms with Gasteiger partial charge in [-0.3, -0.25) is 4.72 Å². The molecule has 1 fully saturated rings. The number of thiophene rings is 1. The first-order valence-corrected chi connectivity index (χ1v) is 9.01. The Hall–Kier alpha value is -1.67. The zero-order valence-electron chi connectivity index (χ0n) is 11.6. The van der Waals surface area contributed by atoms with Crippen LogP contribution in [0.5, 0.6) is 0 Å². The van der Waals surface area contributed by atoms with Crippen LogP contribution in [0.2, 0.25) is 0 Å². The van der Waals surface area contributed by atoms with Crippen molar-refractivity contribution in [3.8, 4) is 0 Å². The quantitative estimate of drug-likeness (QED) is 0.933. The van der Waals surface area contributed by atoms with Crippen LogP contribution >= 0.6 is 11.3 Å². The Morgan fingerprint density at radius 3 is 2.43 bits per heavy atom. The first-order chi connectivity index (χ1) is 10.0. The van der Waals surface area contributed by atoms with Crippen molar-refractivity contribution in [2.75, 3.05) is 22.7 Å². The van der Waals surface area contributed by atoms with E-state index < -0.39 is 10.0 Å². The predicted octanol–water partition coefficient (Wildman–Crippen LogP) is 2.25. The third kappa shape index (κ3) is 3.16. The van der Waals surface area contributed by atoms with Gasteiger partial charge in [-0.05, 0) is 31.9 Å². The molecule has 1 N–H and O–H groups in total.